The minimum absolute atomic E-state index is 0.258. The van der Waals surface area contributed by atoms with Gasteiger partial charge >= 0.3 is 0 Å². The number of halogens is 1. The molecule has 0 spiro atoms. The lowest BCUT2D eigenvalue weighted by atomic mass is 9.91. The van der Waals surface area contributed by atoms with E-state index in [1.807, 2.05) is 26.0 Å². The summed E-state index contributed by atoms with van der Waals surface area (Å²) in [4.78, 5) is 2.41. The zero-order chi connectivity index (χ0) is 19.5. The highest BCUT2D eigenvalue weighted by atomic mass is 32.2. The smallest absolute Gasteiger partial charge is 0.241 e. The third-order valence-corrected chi connectivity index (χ3v) is 6.89. The minimum atomic E-state index is -3.60. The van der Waals surface area contributed by atoms with Crippen LogP contribution in [0.2, 0.25) is 0 Å². The Morgan fingerprint density at radius 3 is 2.41 bits per heavy atom. The number of nitrogens with one attached hydrogen (secondary N) is 1. The third kappa shape index (κ3) is 4.75. The van der Waals surface area contributed by atoms with Crippen molar-refractivity contribution >= 4 is 10.0 Å². The van der Waals surface area contributed by atoms with Gasteiger partial charge in [0.1, 0.15) is 6.67 Å². The monoisotopic (exact) mass is 390 g/mol. The zero-order valence-corrected chi connectivity index (χ0v) is 16.7. The van der Waals surface area contributed by atoms with E-state index >= 15 is 0 Å². The van der Waals surface area contributed by atoms with Gasteiger partial charge in [-0.1, -0.05) is 42.5 Å². The molecule has 0 unspecified atom stereocenters. The van der Waals surface area contributed by atoms with Crippen molar-refractivity contribution in [2.45, 2.75) is 36.6 Å². The average Bonchev–Trinajstić information content (AvgIpc) is 3.11. The van der Waals surface area contributed by atoms with Gasteiger partial charge in [-0.05, 0) is 56.0 Å². The Bertz CT molecular complexity index is 852. The maximum Gasteiger partial charge on any atom is 0.241 e. The number of hydrogen-bond donors (Lipinski definition) is 1. The number of rotatable bonds is 7. The molecule has 0 aromatic heterocycles. The molecule has 1 fully saturated rings. The van der Waals surface area contributed by atoms with E-state index in [0.717, 1.165) is 25.1 Å². The molecule has 0 aliphatic carbocycles. The van der Waals surface area contributed by atoms with Gasteiger partial charge in [-0.25, -0.2) is 17.5 Å². The lowest BCUT2D eigenvalue weighted by Crippen LogP contribution is -2.40. The fourth-order valence-corrected chi connectivity index (χ4v) is 5.08. The maximum absolute atomic E-state index is 12.6. The van der Waals surface area contributed by atoms with Crippen molar-refractivity contribution < 1.29 is 12.8 Å². The lowest BCUT2D eigenvalue weighted by Gasteiger charge is -2.27. The van der Waals surface area contributed by atoms with Crippen LogP contribution in [0.15, 0.2) is 59.5 Å². The Kier molecular flexibility index (Phi) is 5.99. The van der Waals surface area contributed by atoms with E-state index in [9.17, 15) is 12.8 Å². The second-order valence-corrected chi connectivity index (χ2v) is 9.32. The summed E-state index contributed by atoms with van der Waals surface area (Å²) in [5.41, 5.74) is 1.40. The molecule has 0 radical (unpaired) electrons. The van der Waals surface area contributed by atoms with Gasteiger partial charge in [0.2, 0.25) is 10.0 Å². The Balaban J connectivity index is 1.72. The predicted octanol–water partition coefficient (Wildman–Crippen LogP) is 3.66. The van der Waals surface area contributed by atoms with Crippen molar-refractivity contribution in [2.75, 3.05) is 26.3 Å². The highest BCUT2D eigenvalue weighted by Crippen LogP contribution is 2.29. The number of nitrogens with zero attached hydrogens (tertiary/aromatic N) is 1. The quantitative estimate of drug-likeness (QED) is 0.785. The van der Waals surface area contributed by atoms with Crippen LogP contribution in [-0.2, 0) is 15.6 Å². The third-order valence-electron chi connectivity index (χ3n) is 5.22. The molecule has 146 valence electrons. The van der Waals surface area contributed by atoms with Crippen LogP contribution in [0.4, 0.5) is 4.39 Å². The molecular formula is C21H27FN2O2S. The summed E-state index contributed by atoms with van der Waals surface area (Å²) in [6, 6.07) is 16.5. The summed E-state index contributed by atoms with van der Waals surface area (Å²) in [5, 5.41) is 0. The zero-order valence-electron chi connectivity index (χ0n) is 15.9. The van der Waals surface area contributed by atoms with Gasteiger partial charge < -0.3 is 4.90 Å². The van der Waals surface area contributed by atoms with Crippen LogP contribution in [0.25, 0.3) is 0 Å². The molecule has 2 aromatic carbocycles. The molecule has 1 aliphatic rings. The van der Waals surface area contributed by atoms with E-state index in [2.05, 4.69) is 21.8 Å². The SMILES string of the molecule is CC(C)(NS(=O)(=O)c1ccccc1)c1ccc([C@@H]2CCN(CCF)C2)cc1. The molecule has 0 saturated carbocycles. The van der Waals surface area contributed by atoms with Crippen molar-refractivity contribution in [1.82, 2.24) is 9.62 Å². The molecule has 3 rings (SSSR count). The van der Waals surface area contributed by atoms with Crippen molar-refractivity contribution in [3.63, 3.8) is 0 Å². The summed E-state index contributed by atoms with van der Waals surface area (Å²) in [6.07, 6.45) is 1.03. The number of likely N-dealkylation sites (tertiary alicyclic amines) is 1. The summed E-state index contributed by atoms with van der Waals surface area (Å²) in [6.45, 7) is 5.73. The lowest BCUT2D eigenvalue weighted by molar-refractivity contribution is 0.294. The van der Waals surface area contributed by atoms with E-state index in [0.29, 0.717) is 12.5 Å². The Morgan fingerprint density at radius 2 is 1.78 bits per heavy atom. The number of benzene rings is 2. The van der Waals surface area contributed by atoms with E-state index in [1.54, 1.807) is 30.3 Å². The summed E-state index contributed by atoms with van der Waals surface area (Å²) < 4.78 is 40.6. The maximum atomic E-state index is 12.6. The van der Waals surface area contributed by atoms with Crippen LogP contribution in [0.3, 0.4) is 0 Å². The standard InChI is InChI=1S/C21H27FN2O2S/c1-21(2,23-27(25,26)20-6-4-3-5-7-20)19-10-8-17(9-11-19)18-12-14-24(16-18)15-13-22/h3-11,18,23H,12-16H2,1-2H3/t18-/m1/s1. The molecule has 27 heavy (non-hydrogen) atoms. The average molecular weight is 391 g/mol. The fourth-order valence-electron chi connectivity index (χ4n) is 3.65. The molecule has 1 heterocycles. The molecule has 1 aliphatic heterocycles. The highest BCUT2D eigenvalue weighted by Gasteiger charge is 2.29. The Morgan fingerprint density at radius 1 is 1.11 bits per heavy atom. The minimum Gasteiger partial charge on any atom is -0.300 e. The van der Waals surface area contributed by atoms with E-state index in [4.69, 9.17) is 0 Å². The first kappa shape index (κ1) is 20.0. The Hall–Kier alpha value is -1.76. The molecule has 6 heteroatoms. The first-order chi connectivity index (χ1) is 12.8. The molecule has 1 atom stereocenters. The van der Waals surface area contributed by atoms with Crippen LogP contribution in [-0.4, -0.2) is 39.6 Å². The predicted molar refractivity (Wildman–Crippen MR) is 106 cm³/mol. The first-order valence-electron chi connectivity index (χ1n) is 9.29. The normalized spacial score (nSPS) is 18.7. The van der Waals surface area contributed by atoms with Crippen LogP contribution < -0.4 is 4.72 Å². The van der Waals surface area contributed by atoms with E-state index < -0.39 is 15.6 Å². The molecule has 1 N–H and O–H groups in total. The van der Waals surface area contributed by atoms with Crippen molar-refractivity contribution in [1.29, 1.82) is 0 Å². The van der Waals surface area contributed by atoms with Crippen molar-refractivity contribution in [3.05, 3.63) is 65.7 Å². The van der Waals surface area contributed by atoms with Gasteiger partial charge in [0.15, 0.2) is 0 Å². The topological polar surface area (TPSA) is 49.4 Å². The summed E-state index contributed by atoms with van der Waals surface area (Å²) in [7, 11) is -3.60. The van der Waals surface area contributed by atoms with Gasteiger partial charge in [0.05, 0.1) is 10.4 Å². The molecule has 0 amide bonds. The Labute approximate surface area is 161 Å². The largest absolute Gasteiger partial charge is 0.300 e. The number of sulfonamides is 1. The van der Waals surface area contributed by atoms with Gasteiger partial charge in [0, 0.05) is 13.1 Å². The van der Waals surface area contributed by atoms with Gasteiger partial charge in [-0.15, -0.1) is 0 Å². The second kappa shape index (κ2) is 8.09. The first-order valence-corrected chi connectivity index (χ1v) is 10.8. The van der Waals surface area contributed by atoms with Crippen LogP contribution in [0, 0.1) is 0 Å². The van der Waals surface area contributed by atoms with Gasteiger partial charge in [-0.2, -0.15) is 0 Å². The second-order valence-electron chi connectivity index (χ2n) is 7.64. The van der Waals surface area contributed by atoms with Crippen LogP contribution >= 0.6 is 0 Å². The summed E-state index contributed by atoms with van der Waals surface area (Å²) in [5.74, 6) is 0.412. The van der Waals surface area contributed by atoms with Crippen molar-refractivity contribution in [2.24, 2.45) is 0 Å². The molecule has 4 nitrogen and oxygen atoms in total. The summed E-state index contributed by atoms with van der Waals surface area (Å²) >= 11 is 0. The molecule has 2 aromatic rings. The van der Waals surface area contributed by atoms with Crippen molar-refractivity contribution in [3.8, 4) is 0 Å². The fraction of sp³-hybridized carbons (Fsp3) is 0.429. The van der Waals surface area contributed by atoms with E-state index in [-0.39, 0.29) is 11.6 Å². The van der Waals surface area contributed by atoms with Gasteiger partial charge in [0.25, 0.3) is 0 Å². The van der Waals surface area contributed by atoms with E-state index in [1.165, 1.54) is 5.56 Å². The van der Waals surface area contributed by atoms with Crippen LogP contribution in [0.5, 0.6) is 0 Å². The number of alkyl halides is 1. The molecular weight excluding hydrogens is 363 g/mol. The highest BCUT2D eigenvalue weighted by molar-refractivity contribution is 7.89. The van der Waals surface area contributed by atoms with Gasteiger partial charge in [-0.3, -0.25) is 0 Å². The van der Waals surface area contributed by atoms with Crippen LogP contribution in [0.1, 0.15) is 37.3 Å². The number of hydrogen-bond acceptors (Lipinski definition) is 3. The molecule has 1 saturated heterocycles. The molecule has 0 bridgehead atoms.